The number of nitrogens with zero attached hydrogens (tertiary/aromatic N) is 3. The Labute approximate surface area is 105 Å². The van der Waals surface area contributed by atoms with Crippen LogP contribution < -0.4 is 5.84 Å². The summed E-state index contributed by atoms with van der Waals surface area (Å²) in [7, 11) is 0. The lowest BCUT2D eigenvalue weighted by Gasteiger charge is -2.02. The van der Waals surface area contributed by atoms with Crippen LogP contribution in [-0.4, -0.2) is 15.1 Å². The molecule has 0 aliphatic rings. The fraction of sp³-hybridized carbons (Fsp3) is 0. The van der Waals surface area contributed by atoms with Crippen LogP contribution in [0.1, 0.15) is 0 Å². The fourth-order valence-electron chi connectivity index (χ4n) is 1.87. The van der Waals surface area contributed by atoms with Gasteiger partial charge in [-0.1, -0.05) is 54.6 Å². The summed E-state index contributed by atoms with van der Waals surface area (Å²) < 4.78 is 0. The summed E-state index contributed by atoms with van der Waals surface area (Å²) in [5.74, 6) is 5.48. The zero-order valence-corrected chi connectivity index (χ0v) is 9.69. The Morgan fingerprint density at radius 1 is 0.778 bits per heavy atom. The first-order chi connectivity index (χ1) is 8.83. The fourth-order valence-corrected chi connectivity index (χ4v) is 1.87. The van der Waals surface area contributed by atoms with Crippen molar-refractivity contribution in [3.05, 3.63) is 60.8 Å². The van der Waals surface area contributed by atoms with E-state index in [0.717, 1.165) is 11.3 Å². The number of benzene rings is 2. The highest BCUT2D eigenvalue weighted by Crippen LogP contribution is 2.22. The van der Waals surface area contributed by atoms with Crippen molar-refractivity contribution in [2.45, 2.75) is 0 Å². The lowest BCUT2D eigenvalue weighted by molar-refractivity contribution is 0.766. The highest BCUT2D eigenvalue weighted by atomic mass is 15.6. The molecule has 0 fully saturated rings. The third kappa shape index (κ3) is 1.96. The van der Waals surface area contributed by atoms with E-state index in [1.165, 1.54) is 15.9 Å². The van der Waals surface area contributed by atoms with Gasteiger partial charge in [0.1, 0.15) is 5.69 Å². The molecule has 0 spiro atoms. The Morgan fingerprint density at radius 3 is 2.00 bits per heavy atom. The molecule has 0 aliphatic heterocycles. The number of rotatable bonds is 2. The minimum Gasteiger partial charge on any atom is -0.322 e. The molecule has 0 saturated carbocycles. The second-order valence-corrected chi connectivity index (χ2v) is 4.03. The summed E-state index contributed by atoms with van der Waals surface area (Å²) in [5.41, 5.74) is 4.16. The number of aromatic nitrogens is 3. The molecule has 0 unspecified atom stereocenters. The molecule has 0 saturated heterocycles. The van der Waals surface area contributed by atoms with Crippen molar-refractivity contribution in [1.82, 2.24) is 15.1 Å². The number of nitrogen functional groups attached to an aromatic ring is 1. The summed E-state index contributed by atoms with van der Waals surface area (Å²) in [5, 5.41) is 7.69. The first-order valence-corrected chi connectivity index (χ1v) is 5.66. The molecule has 2 N–H and O–H groups in total. The summed E-state index contributed by atoms with van der Waals surface area (Å²) in [6.07, 6.45) is 1.69. The van der Waals surface area contributed by atoms with E-state index >= 15 is 0 Å². The molecule has 1 heterocycles. The second kappa shape index (κ2) is 4.33. The second-order valence-electron chi connectivity index (χ2n) is 4.03. The molecule has 4 nitrogen and oxygen atoms in total. The molecule has 0 bridgehead atoms. The summed E-state index contributed by atoms with van der Waals surface area (Å²) in [6, 6.07) is 18.4. The van der Waals surface area contributed by atoms with Crippen molar-refractivity contribution >= 4 is 0 Å². The molecular formula is C14H12N4. The first kappa shape index (κ1) is 10.5. The molecule has 0 radical (unpaired) electrons. The minimum atomic E-state index is 0.775. The van der Waals surface area contributed by atoms with Gasteiger partial charge in [-0.05, 0) is 16.3 Å². The quantitative estimate of drug-likeness (QED) is 0.695. The maximum absolute atomic E-state index is 5.48. The summed E-state index contributed by atoms with van der Waals surface area (Å²) in [6.45, 7) is 0. The van der Waals surface area contributed by atoms with Gasteiger partial charge in [0.15, 0.2) is 0 Å². The SMILES string of the molecule is Nn1cc(-c2ccc(-c3ccccc3)cc2)nn1. The van der Waals surface area contributed by atoms with Gasteiger partial charge in [-0.2, -0.15) is 4.79 Å². The van der Waals surface area contributed by atoms with E-state index in [1.807, 2.05) is 30.3 Å². The monoisotopic (exact) mass is 236 g/mol. The van der Waals surface area contributed by atoms with Crippen molar-refractivity contribution in [3.8, 4) is 22.4 Å². The van der Waals surface area contributed by atoms with Gasteiger partial charge in [0.05, 0.1) is 6.20 Å². The van der Waals surface area contributed by atoms with E-state index in [0.29, 0.717) is 0 Å². The van der Waals surface area contributed by atoms with Crippen molar-refractivity contribution in [3.63, 3.8) is 0 Å². The van der Waals surface area contributed by atoms with Gasteiger partial charge >= 0.3 is 0 Å². The molecule has 0 atom stereocenters. The molecule has 2 aromatic carbocycles. The average molecular weight is 236 g/mol. The van der Waals surface area contributed by atoms with Crippen LogP contribution in [-0.2, 0) is 0 Å². The van der Waals surface area contributed by atoms with Gasteiger partial charge in [-0.3, -0.25) is 0 Å². The van der Waals surface area contributed by atoms with E-state index in [-0.39, 0.29) is 0 Å². The zero-order chi connectivity index (χ0) is 12.4. The standard InChI is InChI=1S/C14H12N4/c15-18-10-14(16-17-18)13-8-6-12(7-9-13)11-4-2-1-3-5-11/h1-10H,15H2. The Bertz CT molecular complexity index is 641. The van der Waals surface area contributed by atoms with Crippen LogP contribution in [0.4, 0.5) is 0 Å². The predicted octanol–water partition coefficient (Wildman–Crippen LogP) is 2.33. The van der Waals surface area contributed by atoms with Gasteiger partial charge in [-0.15, -0.1) is 5.10 Å². The van der Waals surface area contributed by atoms with Gasteiger partial charge in [0.2, 0.25) is 0 Å². The van der Waals surface area contributed by atoms with E-state index in [4.69, 9.17) is 5.84 Å². The Kier molecular flexibility index (Phi) is 2.53. The van der Waals surface area contributed by atoms with Crippen LogP contribution in [0.5, 0.6) is 0 Å². The van der Waals surface area contributed by atoms with E-state index < -0.39 is 0 Å². The van der Waals surface area contributed by atoms with Gasteiger partial charge in [-0.25, -0.2) is 0 Å². The molecule has 1 aromatic heterocycles. The Balaban J connectivity index is 1.94. The maximum atomic E-state index is 5.48. The summed E-state index contributed by atoms with van der Waals surface area (Å²) >= 11 is 0. The molecular weight excluding hydrogens is 224 g/mol. The van der Waals surface area contributed by atoms with Crippen molar-refractivity contribution in [1.29, 1.82) is 0 Å². The van der Waals surface area contributed by atoms with Gasteiger partial charge in [0, 0.05) is 5.56 Å². The van der Waals surface area contributed by atoms with Crippen LogP contribution >= 0.6 is 0 Å². The molecule has 0 aliphatic carbocycles. The number of hydrogen-bond donors (Lipinski definition) is 1. The van der Waals surface area contributed by atoms with E-state index in [2.05, 4.69) is 34.6 Å². The van der Waals surface area contributed by atoms with Crippen LogP contribution in [0.25, 0.3) is 22.4 Å². The largest absolute Gasteiger partial charge is 0.322 e. The van der Waals surface area contributed by atoms with E-state index in [1.54, 1.807) is 6.20 Å². The normalized spacial score (nSPS) is 10.4. The predicted molar refractivity (Wildman–Crippen MR) is 71.0 cm³/mol. The molecule has 3 rings (SSSR count). The molecule has 18 heavy (non-hydrogen) atoms. The maximum Gasteiger partial charge on any atom is 0.115 e. The lowest BCUT2D eigenvalue weighted by atomic mass is 10.0. The third-order valence-corrected chi connectivity index (χ3v) is 2.80. The molecule has 4 heteroatoms. The molecule has 88 valence electrons. The van der Waals surface area contributed by atoms with Gasteiger partial charge < -0.3 is 5.84 Å². The number of hydrogen-bond acceptors (Lipinski definition) is 3. The average Bonchev–Trinajstić information content (AvgIpc) is 2.87. The zero-order valence-electron chi connectivity index (χ0n) is 9.69. The van der Waals surface area contributed by atoms with Crippen LogP contribution in [0.3, 0.4) is 0 Å². The highest BCUT2D eigenvalue weighted by Gasteiger charge is 2.03. The third-order valence-electron chi connectivity index (χ3n) is 2.80. The molecule has 3 aromatic rings. The summed E-state index contributed by atoms with van der Waals surface area (Å²) in [4.78, 5) is 1.21. The van der Waals surface area contributed by atoms with Crippen LogP contribution in [0.2, 0.25) is 0 Å². The lowest BCUT2D eigenvalue weighted by Crippen LogP contribution is -2.07. The highest BCUT2D eigenvalue weighted by molar-refractivity contribution is 5.68. The Morgan fingerprint density at radius 2 is 1.39 bits per heavy atom. The Hall–Kier alpha value is -2.62. The molecule has 0 amide bonds. The smallest absolute Gasteiger partial charge is 0.115 e. The van der Waals surface area contributed by atoms with E-state index in [9.17, 15) is 0 Å². The van der Waals surface area contributed by atoms with Gasteiger partial charge in [0.25, 0.3) is 0 Å². The topological polar surface area (TPSA) is 56.7 Å². The number of nitrogens with two attached hydrogens (primary N) is 1. The van der Waals surface area contributed by atoms with Crippen LogP contribution in [0.15, 0.2) is 60.8 Å². The van der Waals surface area contributed by atoms with Crippen molar-refractivity contribution in [2.24, 2.45) is 0 Å². The first-order valence-electron chi connectivity index (χ1n) is 5.66. The minimum absolute atomic E-state index is 0.775. The van der Waals surface area contributed by atoms with Crippen molar-refractivity contribution < 1.29 is 0 Å². The van der Waals surface area contributed by atoms with Crippen LogP contribution in [0, 0.1) is 0 Å². The van der Waals surface area contributed by atoms with Crippen molar-refractivity contribution in [2.75, 3.05) is 5.84 Å².